The van der Waals surface area contributed by atoms with E-state index in [2.05, 4.69) is 24.6 Å². The molecule has 2 aromatic rings. The standard InChI is InChI=1S/C14H19N5O/c1-18-8-6-15-12(18)9-19-7-2-3-11(19)13-16-14(20-17-13)10-4-5-10/h6,8,10-11H,2-5,7,9H2,1H3/t11-/m1/s1. The molecule has 106 valence electrons. The maximum absolute atomic E-state index is 5.40. The lowest BCUT2D eigenvalue weighted by Crippen LogP contribution is -2.25. The zero-order chi connectivity index (χ0) is 13.5. The Hall–Kier alpha value is -1.69. The minimum absolute atomic E-state index is 0.281. The van der Waals surface area contributed by atoms with Crippen molar-refractivity contribution in [2.24, 2.45) is 7.05 Å². The molecule has 1 atom stereocenters. The van der Waals surface area contributed by atoms with E-state index < -0.39 is 0 Å². The van der Waals surface area contributed by atoms with Crippen LogP contribution in [0.2, 0.25) is 0 Å². The van der Waals surface area contributed by atoms with Crippen molar-refractivity contribution in [3.8, 4) is 0 Å². The average molecular weight is 273 g/mol. The van der Waals surface area contributed by atoms with Crippen molar-refractivity contribution < 1.29 is 4.52 Å². The number of hydrogen-bond acceptors (Lipinski definition) is 5. The number of aromatic nitrogens is 4. The van der Waals surface area contributed by atoms with Crippen molar-refractivity contribution in [3.63, 3.8) is 0 Å². The van der Waals surface area contributed by atoms with Gasteiger partial charge in [0.25, 0.3) is 0 Å². The molecular formula is C14H19N5O. The summed E-state index contributed by atoms with van der Waals surface area (Å²) in [5.74, 6) is 3.31. The molecule has 1 aliphatic heterocycles. The Kier molecular flexibility index (Phi) is 2.84. The Bertz CT molecular complexity index is 600. The zero-order valence-corrected chi connectivity index (χ0v) is 11.7. The monoisotopic (exact) mass is 273 g/mol. The summed E-state index contributed by atoms with van der Waals surface area (Å²) >= 11 is 0. The molecule has 0 bridgehead atoms. The fourth-order valence-corrected chi connectivity index (χ4v) is 2.92. The van der Waals surface area contributed by atoms with Crippen LogP contribution in [-0.4, -0.2) is 31.1 Å². The predicted molar refractivity (Wildman–Crippen MR) is 71.9 cm³/mol. The Morgan fingerprint density at radius 2 is 2.25 bits per heavy atom. The molecule has 0 unspecified atom stereocenters. The highest BCUT2D eigenvalue weighted by Gasteiger charge is 2.34. The third kappa shape index (κ3) is 2.14. The summed E-state index contributed by atoms with van der Waals surface area (Å²) < 4.78 is 7.47. The fourth-order valence-electron chi connectivity index (χ4n) is 2.92. The molecule has 2 fully saturated rings. The van der Waals surface area contributed by atoms with Gasteiger partial charge < -0.3 is 9.09 Å². The summed E-state index contributed by atoms with van der Waals surface area (Å²) in [7, 11) is 2.03. The first-order valence-electron chi connectivity index (χ1n) is 7.35. The number of aryl methyl sites for hydroxylation is 1. The van der Waals surface area contributed by atoms with E-state index in [1.54, 1.807) is 0 Å². The smallest absolute Gasteiger partial charge is 0.229 e. The second kappa shape index (κ2) is 4.70. The highest BCUT2D eigenvalue weighted by atomic mass is 16.5. The first-order valence-corrected chi connectivity index (χ1v) is 7.35. The maximum atomic E-state index is 5.40. The minimum atomic E-state index is 0.281. The van der Waals surface area contributed by atoms with Crippen LogP contribution in [0.3, 0.4) is 0 Å². The molecule has 6 nitrogen and oxygen atoms in total. The van der Waals surface area contributed by atoms with Crippen LogP contribution >= 0.6 is 0 Å². The van der Waals surface area contributed by atoms with E-state index in [1.165, 1.54) is 19.3 Å². The fraction of sp³-hybridized carbons (Fsp3) is 0.643. The van der Waals surface area contributed by atoms with Crippen molar-refractivity contribution in [3.05, 3.63) is 29.9 Å². The topological polar surface area (TPSA) is 60.0 Å². The third-order valence-corrected chi connectivity index (χ3v) is 4.31. The molecule has 0 aromatic carbocycles. The molecule has 2 aliphatic rings. The van der Waals surface area contributed by atoms with Gasteiger partial charge in [-0.3, -0.25) is 4.90 Å². The normalized spacial score (nSPS) is 23.6. The third-order valence-electron chi connectivity index (χ3n) is 4.31. The largest absolute Gasteiger partial charge is 0.339 e. The van der Waals surface area contributed by atoms with Crippen molar-refractivity contribution in [1.29, 1.82) is 0 Å². The van der Waals surface area contributed by atoms with Crippen LogP contribution in [0, 0.1) is 0 Å². The van der Waals surface area contributed by atoms with Crippen molar-refractivity contribution in [2.75, 3.05) is 6.54 Å². The van der Waals surface area contributed by atoms with Crippen molar-refractivity contribution in [1.82, 2.24) is 24.6 Å². The summed E-state index contributed by atoms with van der Waals surface area (Å²) in [6.45, 7) is 1.92. The van der Waals surface area contributed by atoms with Gasteiger partial charge >= 0.3 is 0 Å². The van der Waals surface area contributed by atoms with Gasteiger partial charge in [0.1, 0.15) is 5.82 Å². The first kappa shape index (κ1) is 12.1. The van der Waals surface area contributed by atoms with Gasteiger partial charge in [0, 0.05) is 25.4 Å². The average Bonchev–Trinajstić information content (AvgIpc) is 2.87. The first-order chi connectivity index (χ1) is 9.81. The van der Waals surface area contributed by atoms with Crippen LogP contribution in [0.5, 0.6) is 0 Å². The molecule has 4 rings (SSSR count). The van der Waals surface area contributed by atoms with Gasteiger partial charge in [-0.1, -0.05) is 5.16 Å². The molecule has 0 N–H and O–H groups in total. The Balaban J connectivity index is 1.52. The number of nitrogens with zero attached hydrogens (tertiary/aromatic N) is 5. The van der Waals surface area contributed by atoms with Crippen LogP contribution in [-0.2, 0) is 13.6 Å². The van der Waals surface area contributed by atoms with Crippen LogP contribution in [0.4, 0.5) is 0 Å². The number of likely N-dealkylation sites (tertiary alicyclic amines) is 1. The lowest BCUT2D eigenvalue weighted by molar-refractivity contribution is 0.226. The lowest BCUT2D eigenvalue weighted by Gasteiger charge is -2.21. The SMILES string of the molecule is Cn1ccnc1CN1CCC[C@@H]1c1noc(C2CC2)n1. The summed E-state index contributed by atoms with van der Waals surface area (Å²) in [6.07, 6.45) is 8.52. The predicted octanol–water partition coefficient (Wildman–Crippen LogP) is 2.02. The molecule has 0 amide bonds. The van der Waals surface area contributed by atoms with Crippen LogP contribution < -0.4 is 0 Å². The zero-order valence-electron chi connectivity index (χ0n) is 11.7. The summed E-state index contributed by atoms with van der Waals surface area (Å²) in [4.78, 5) is 11.4. The molecule has 1 saturated heterocycles. The summed E-state index contributed by atoms with van der Waals surface area (Å²) in [6, 6.07) is 0.281. The van der Waals surface area contributed by atoms with E-state index >= 15 is 0 Å². The van der Waals surface area contributed by atoms with E-state index in [0.717, 1.165) is 37.0 Å². The molecular weight excluding hydrogens is 254 g/mol. The quantitative estimate of drug-likeness (QED) is 0.853. The van der Waals surface area contributed by atoms with Gasteiger partial charge in [-0.05, 0) is 32.2 Å². The van der Waals surface area contributed by atoms with Crippen molar-refractivity contribution >= 4 is 0 Å². The second-order valence-electron chi connectivity index (χ2n) is 5.85. The molecule has 1 saturated carbocycles. The van der Waals surface area contributed by atoms with Crippen LogP contribution in [0.1, 0.15) is 55.2 Å². The number of hydrogen-bond donors (Lipinski definition) is 0. The number of imidazole rings is 1. The second-order valence-corrected chi connectivity index (χ2v) is 5.85. The van der Waals surface area contributed by atoms with E-state index in [0.29, 0.717) is 5.92 Å². The highest BCUT2D eigenvalue weighted by molar-refractivity contribution is 5.06. The van der Waals surface area contributed by atoms with Crippen molar-refractivity contribution in [2.45, 2.75) is 44.2 Å². The molecule has 2 aromatic heterocycles. The molecule has 20 heavy (non-hydrogen) atoms. The van der Waals surface area contributed by atoms with Crippen LogP contribution in [0.25, 0.3) is 0 Å². The van der Waals surface area contributed by atoms with Gasteiger partial charge in [0.2, 0.25) is 5.89 Å². The maximum Gasteiger partial charge on any atom is 0.229 e. The van der Waals surface area contributed by atoms with Gasteiger partial charge in [-0.15, -0.1) is 0 Å². The van der Waals surface area contributed by atoms with Gasteiger partial charge in [-0.2, -0.15) is 4.98 Å². The van der Waals surface area contributed by atoms with Gasteiger partial charge in [0.15, 0.2) is 5.82 Å². The van der Waals surface area contributed by atoms with E-state index in [9.17, 15) is 0 Å². The van der Waals surface area contributed by atoms with E-state index in [-0.39, 0.29) is 6.04 Å². The molecule has 0 spiro atoms. The Morgan fingerprint density at radius 1 is 1.35 bits per heavy atom. The van der Waals surface area contributed by atoms with E-state index in [4.69, 9.17) is 4.52 Å². The lowest BCUT2D eigenvalue weighted by atomic mass is 10.2. The van der Waals surface area contributed by atoms with Gasteiger partial charge in [-0.25, -0.2) is 4.98 Å². The van der Waals surface area contributed by atoms with Gasteiger partial charge in [0.05, 0.1) is 12.6 Å². The highest BCUT2D eigenvalue weighted by Crippen LogP contribution is 2.40. The molecule has 1 aliphatic carbocycles. The molecule has 3 heterocycles. The Morgan fingerprint density at radius 3 is 3.00 bits per heavy atom. The molecule has 6 heteroatoms. The van der Waals surface area contributed by atoms with E-state index in [1.807, 2.05) is 19.4 Å². The summed E-state index contributed by atoms with van der Waals surface area (Å²) in [5, 5.41) is 4.21. The summed E-state index contributed by atoms with van der Waals surface area (Å²) in [5.41, 5.74) is 0. The number of rotatable bonds is 4. The minimum Gasteiger partial charge on any atom is -0.339 e. The van der Waals surface area contributed by atoms with Crippen LogP contribution in [0.15, 0.2) is 16.9 Å². The Labute approximate surface area is 117 Å². The molecule has 0 radical (unpaired) electrons.